The highest BCUT2D eigenvalue weighted by Crippen LogP contribution is 2.22. The first kappa shape index (κ1) is 16.3. The molecule has 0 saturated carbocycles. The minimum atomic E-state index is -0.329. The van der Waals surface area contributed by atoms with Crippen molar-refractivity contribution in [3.8, 4) is 0 Å². The number of hydrogen-bond acceptors (Lipinski definition) is 2. The van der Waals surface area contributed by atoms with Gasteiger partial charge in [0.05, 0.1) is 23.1 Å². The predicted molar refractivity (Wildman–Crippen MR) is 99.5 cm³/mol. The standard InChI is InChI=1S/C20H19FN4O/c1-3-25-17-9-5-4-8-15(17)23-19(25)12-22-20(26)18-11-13-14(21)7-6-10-16(13)24(18)2/h4-11H,3,12H2,1-2H3,(H,22,26). The molecule has 132 valence electrons. The van der Waals surface area contributed by atoms with Crippen molar-refractivity contribution in [3.63, 3.8) is 0 Å². The van der Waals surface area contributed by atoms with E-state index < -0.39 is 0 Å². The zero-order valence-electron chi connectivity index (χ0n) is 14.7. The van der Waals surface area contributed by atoms with Gasteiger partial charge in [0.15, 0.2) is 0 Å². The second-order valence-corrected chi connectivity index (χ2v) is 6.20. The predicted octanol–water partition coefficient (Wildman–Crippen LogP) is 3.62. The first-order valence-electron chi connectivity index (χ1n) is 8.56. The Morgan fingerprint density at radius 3 is 2.69 bits per heavy atom. The molecule has 4 rings (SSSR count). The van der Waals surface area contributed by atoms with E-state index in [1.165, 1.54) is 6.07 Å². The van der Waals surface area contributed by atoms with Crippen LogP contribution in [0.2, 0.25) is 0 Å². The molecule has 1 amide bonds. The van der Waals surface area contributed by atoms with Crippen LogP contribution in [0.5, 0.6) is 0 Å². The van der Waals surface area contributed by atoms with Crippen LogP contribution >= 0.6 is 0 Å². The maximum atomic E-state index is 14.0. The molecule has 2 aromatic carbocycles. The van der Waals surface area contributed by atoms with Gasteiger partial charge in [0.2, 0.25) is 0 Å². The van der Waals surface area contributed by atoms with Crippen molar-refractivity contribution in [2.75, 3.05) is 0 Å². The summed E-state index contributed by atoms with van der Waals surface area (Å²) in [6.45, 7) is 3.13. The van der Waals surface area contributed by atoms with E-state index in [0.29, 0.717) is 23.1 Å². The monoisotopic (exact) mass is 350 g/mol. The second-order valence-electron chi connectivity index (χ2n) is 6.20. The summed E-state index contributed by atoms with van der Waals surface area (Å²) in [7, 11) is 1.76. The molecule has 1 N–H and O–H groups in total. The number of aryl methyl sites for hydroxylation is 2. The fourth-order valence-electron chi connectivity index (χ4n) is 3.41. The molecule has 0 fully saturated rings. The van der Waals surface area contributed by atoms with Gasteiger partial charge in [0.1, 0.15) is 17.3 Å². The maximum absolute atomic E-state index is 14.0. The molecule has 0 radical (unpaired) electrons. The van der Waals surface area contributed by atoms with Crippen molar-refractivity contribution in [2.24, 2.45) is 7.05 Å². The largest absolute Gasteiger partial charge is 0.344 e. The SMILES string of the molecule is CCn1c(CNC(=O)c2cc3c(F)cccc3n2C)nc2ccccc21. The number of amides is 1. The molecule has 0 aliphatic rings. The number of carbonyl (C=O) groups is 1. The number of nitrogens with zero attached hydrogens (tertiary/aromatic N) is 3. The van der Waals surface area contributed by atoms with Crippen LogP contribution in [0.15, 0.2) is 48.5 Å². The highest BCUT2D eigenvalue weighted by molar-refractivity contribution is 5.98. The Hall–Kier alpha value is -3.15. The highest BCUT2D eigenvalue weighted by Gasteiger charge is 2.16. The Balaban J connectivity index is 1.62. The molecule has 0 aliphatic carbocycles. The molecular formula is C20H19FN4O. The van der Waals surface area contributed by atoms with Gasteiger partial charge in [0.25, 0.3) is 5.91 Å². The van der Waals surface area contributed by atoms with Gasteiger partial charge in [-0.25, -0.2) is 9.37 Å². The van der Waals surface area contributed by atoms with Gasteiger partial charge in [-0.15, -0.1) is 0 Å². The molecule has 0 atom stereocenters. The summed E-state index contributed by atoms with van der Waals surface area (Å²) in [5, 5.41) is 3.35. The van der Waals surface area contributed by atoms with Gasteiger partial charge < -0.3 is 14.5 Å². The fraction of sp³-hybridized carbons (Fsp3) is 0.200. The van der Waals surface area contributed by atoms with Crippen molar-refractivity contribution in [1.82, 2.24) is 19.4 Å². The molecule has 0 saturated heterocycles. The van der Waals surface area contributed by atoms with Crippen LogP contribution in [0.1, 0.15) is 23.2 Å². The molecule has 0 spiro atoms. The lowest BCUT2D eigenvalue weighted by molar-refractivity contribution is 0.0942. The van der Waals surface area contributed by atoms with E-state index in [1.807, 2.05) is 31.2 Å². The Morgan fingerprint density at radius 1 is 1.15 bits per heavy atom. The fourth-order valence-corrected chi connectivity index (χ4v) is 3.41. The normalized spacial score (nSPS) is 11.3. The zero-order chi connectivity index (χ0) is 18.3. The number of benzene rings is 2. The number of carbonyl (C=O) groups excluding carboxylic acids is 1. The molecule has 5 nitrogen and oxygen atoms in total. The van der Waals surface area contributed by atoms with E-state index in [4.69, 9.17) is 0 Å². The highest BCUT2D eigenvalue weighted by atomic mass is 19.1. The van der Waals surface area contributed by atoms with E-state index in [9.17, 15) is 9.18 Å². The van der Waals surface area contributed by atoms with E-state index in [2.05, 4.69) is 14.9 Å². The third kappa shape index (κ3) is 2.54. The topological polar surface area (TPSA) is 51.9 Å². The molecule has 2 heterocycles. The summed E-state index contributed by atoms with van der Waals surface area (Å²) < 4.78 is 17.7. The van der Waals surface area contributed by atoms with Crippen molar-refractivity contribution < 1.29 is 9.18 Å². The zero-order valence-corrected chi connectivity index (χ0v) is 14.7. The number of para-hydroxylation sites is 2. The number of halogens is 1. The molecule has 6 heteroatoms. The molecule has 2 aromatic heterocycles. The molecule has 0 bridgehead atoms. The van der Waals surface area contributed by atoms with E-state index in [0.717, 1.165) is 23.4 Å². The Labute approximate surface area is 150 Å². The molecule has 0 unspecified atom stereocenters. The third-order valence-electron chi connectivity index (χ3n) is 4.72. The minimum absolute atomic E-state index is 0.252. The molecule has 26 heavy (non-hydrogen) atoms. The van der Waals surface area contributed by atoms with E-state index >= 15 is 0 Å². The van der Waals surface area contributed by atoms with Gasteiger partial charge in [0, 0.05) is 19.0 Å². The average Bonchev–Trinajstić information content (AvgIpc) is 3.18. The molecule has 0 aliphatic heterocycles. The van der Waals surface area contributed by atoms with Gasteiger partial charge >= 0.3 is 0 Å². The summed E-state index contributed by atoms with van der Waals surface area (Å²) in [5.74, 6) is 0.217. The minimum Gasteiger partial charge on any atom is -0.344 e. The van der Waals surface area contributed by atoms with Crippen LogP contribution in [0, 0.1) is 5.82 Å². The van der Waals surface area contributed by atoms with Crippen LogP contribution < -0.4 is 5.32 Å². The smallest absolute Gasteiger partial charge is 0.268 e. The lowest BCUT2D eigenvalue weighted by Crippen LogP contribution is -2.26. The van der Waals surface area contributed by atoms with Crippen molar-refractivity contribution in [1.29, 1.82) is 0 Å². The summed E-state index contributed by atoms with van der Waals surface area (Å²) in [6.07, 6.45) is 0. The quantitative estimate of drug-likeness (QED) is 0.611. The third-order valence-corrected chi connectivity index (χ3v) is 4.72. The Kier molecular flexibility index (Phi) is 3.95. The number of imidazole rings is 1. The van der Waals surface area contributed by atoms with Crippen LogP contribution in [-0.4, -0.2) is 20.0 Å². The summed E-state index contributed by atoms with van der Waals surface area (Å²) >= 11 is 0. The maximum Gasteiger partial charge on any atom is 0.268 e. The van der Waals surface area contributed by atoms with Crippen molar-refractivity contribution in [2.45, 2.75) is 20.0 Å². The van der Waals surface area contributed by atoms with Crippen LogP contribution in [-0.2, 0) is 20.1 Å². The van der Waals surface area contributed by atoms with Crippen molar-refractivity contribution >= 4 is 27.8 Å². The molecular weight excluding hydrogens is 331 g/mol. The number of hydrogen-bond donors (Lipinski definition) is 1. The van der Waals surface area contributed by atoms with Crippen LogP contribution in [0.3, 0.4) is 0 Å². The number of fused-ring (bicyclic) bond motifs is 2. The summed E-state index contributed by atoms with van der Waals surface area (Å²) in [6, 6.07) is 14.3. The Morgan fingerprint density at radius 2 is 1.92 bits per heavy atom. The van der Waals surface area contributed by atoms with E-state index in [1.54, 1.807) is 29.8 Å². The lowest BCUT2D eigenvalue weighted by atomic mass is 10.2. The molecule has 4 aromatic rings. The van der Waals surface area contributed by atoms with Crippen LogP contribution in [0.4, 0.5) is 4.39 Å². The van der Waals surface area contributed by atoms with Gasteiger partial charge in [-0.3, -0.25) is 4.79 Å². The number of aromatic nitrogens is 3. The van der Waals surface area contributed by atoms with Crippen molar-refractivity contribution in [3.05, 3.63) is 65.9 Å². The average molecular weight is 350 g/mol. The first-order chi connectivity index (χ1) is 12.6. The summed E-state index contributed by atoms with van der Waals surface area (Å²) in [5.41, 5.74) is 3.07. The van der Waals surface area contributed by atoms with Crippen LogP contribution in [0.25, 0.3) is 21.9 Å². The number of nitrogens with one attached hydrogen (secondary N) is 1. The number of rotatable bonds is 4. The van der Waals surface area contributed by atoms with E-state index in [-0.39, 0.29) is 11.7 Å². The second kappa shape index (κ2) is 6.29. The van der Waals surface area contributed by atoms with Gasteiger partial charge in [-0.2, -0.15) is 0 Å². The first-order valence-corrected chi connectivity index (χ1v) is 8.56. The summed E-state index contributed by atoms with van der Waals surface area (Å²) in [4.78, 5) is 17.3. The van der Waals surface area contributed by atoms with Gasteiger partial charge in [-0.1, -0.05) is 18.2 Å². The van der Waals surface area contributed by atoms with Gasteiger partial charge in [-0.05, 0) is 37.3 Å². The lowest BCUT2D eigenvalue weighted by Gasteiger charge is -2.08. The Bertz CT molecular complexity index is 1130.